The average molecular weight is 510 g/mol. The molecule has 0 aliphatic carbocycles. The van der Waals surface area contributed by atoms with Crippen LogP contribution < -0.4 is 8.85 Å². The van der Waals surface area contributed by atoms with Gasteiger partial charge in [0.25, 0.3) is 0 Å². The molecule has 0 aliphatic rings. The van der Waals surface area contributed by atoms with E-state index in [1.54, 1.807) is 0 Å². The first kappa shape index (κ1) is 28.1. The fraction of sp³-hybridized carbons (Fsp3) is 0.571. The van der Waals surface area contributed by atoms with Crippen molar-refractivity contribution in [2.75, 3.05) is 0 Å². The number of benzene rings is 2. The van der Waals surface area contributed by atoms with Crippen LogP contribution in [0.2, 0.25) is 0 Å². The van der Waals surface area contributed by atoms with Crippen molar-refractivity contribution in [2.45, 2.75) is 105 Å². The quantitative estimate of drug-likeness (QED) is 0.302. The van der Waals surface area contributed by atoms with E-state index in [0.717, 1.165) is 33.8 Å². The highest BCUT2D eigenvalue weighted by Crippen LogP contribution is 2.45. The molecule has 0 spiro atoms. The standard InChI is InChI=1S/C28H42Cl2O2Si/c1-25(2,3)19-15-13-16-20(26(4,5)6)23(19)31-33(29,30)32-24-21(27(7,8)9)17-14-18-22(24)28(10,11)12/h13-18H,1-12H3. The van der Waals surface area contributed by atoms with E-state index in [1.807, 2.05) is 0 Å². The number of rotatable bonds is 4. The van der Waals surface area contributed by atoms with Crippen molar-refractivity contribution in [3.05, 3.63) is 58.7 Å². The van der Waals surface area contributed by atoms with Crippen LogP contribution in [0.5, 0.6) is 11.5 Å². The van der Waals surface area contributed by atoms with Gasteiger partial charge in [-0.05, 0) is 43.9 Å². The maximum absolute atomic E-state index is 6.95. The molecule has 0 radical (unpaired) electrons. The second-order valence-corrected chi connectivity index (χ2v) is 17.9. The Morgan fingerprint density at radius 3 is 0.879 bits per heavy atom. The Kier molecular flexibility index (Phi) is 7.77. The summed E-state index contributed by atoms with van der Waals surface area (Å²) in [5.74, 6) is 1.47. The molecule has 0 atom stereocenters. The lowest BCUT2D eigenvalue weighted by Crippen LogP contribution is -2.40. The number of hydrogen-bond acceptors (Lipinski definition) is 2. The number of para-hydroxylation sites is 2. The van der Waals surface area contributed by atoms with Gasteiger partial charge in [0.15, 0.2) is 0 Å². The highest BCUT2D eigenvalue weighted by molar-refractivity contribution is 7.39. The minimum absolute atomic E-state index is 0.144. The van der Waals surface area contributed by atoms with Crippen molar-refractivity contribution < 1.29 is 8.85 Å². The van der Waals surface area contributed by atoms with Crippen molar-refractivity contribution in [1.29, 1.82) is 0 Å². The van der Waals surface area contributed by atoms with Crippen molar-refractivity contribution in [3.8, 4) is 11.5 Å². The van der Waals surface area contributed by atoms with Crippen LogP contribution in [0.1, 0.15) is 105 Å². The Morgan fingerprint density at radius 2 is 0.697 bits per heavy atom. The van der Waals surface area contributed by atoms with Crippen LogP contribution in [-0.4, -0.2) is 7.18 Å². The summed E-state index contributed by atoms with van der Waals surface area (Å²) in [7, 11) is -3.68. The Labute approximate surface area is 212 Å². The van der Waals surface area contributed by atoms with E-state index < -0.39 is 7.18 Å². The third kappa shape index (κ3) is 6.93. The lowest BCUT2D eigenvalue weighted by Gasteiger charge is -2.34. The number of hydrogen-bond donors (Lipinski definition) is 0. The van der Waals surface area contributed by atoms with E-state index >= 15 is 0 Å². The van der Waals surface area contributed by atoms with Gasteiger partial charge in [0.05, 0.1) is 0 Å². The summed E-state index contributed by atoms with van der Waals surface area (Å²) in [6, 6.07) is 12.5. The largest absolute Gasteiger partial charge is 0.681 e. The summed E-state index contributed by atoms with van der Waals surface area (Å²) in [6.07, 6.45) is 0. The maximum atomic E-state index is 6.95. The van der Waals surface area contributed by atoms with Crippen LogP contribution in [0, 0.1) is 0 Å². The molecule has 2 rings (SSSR count). The van der Waals surface area contributed by atoms with Crippen LogP contribution in [0.3, 0.4) is 0 Å². The first-order valence-electron chi connectivity index (χ1n) is 11.7. The molecule has 0 fully saturated rings. The van der Waals surface area contributed by atoms with E-state index in [4.69, 9.17) is 31.0 Å². The summed E-state index contributed by atoms with van der Waals surface area (Å²) in [4.78, 5) is 0. The number of halogens is 2. The molecule has 5 heteroatoms. The maximum Gasteiger partial charge on any atom is 0.681 e. The van der Waals surface area contributed by atoms with E-state index in [2.05, 4.69) is 119 Å². The third-order valence-corrected chi connectivity index (χ3v) is 7.51. The van der Waals surface area contributed by atoms with Gasteiger partial charge >= 0.3 is 7.18 Å². The second kappa shape index (κ2) is 9.13. The van der Waals surface area contributed by atoms with E-state index in [0.29, 0.717) is 0 Å². The Bertz CT molecular complexity index is 841. The van der Waals surface area contributed by atoms with Crippen LogP contribution in [-0.2, 0) is 21.7 Å². The molecular formula is C28H42Cl2O2Si. The van der Waals surface area contributed by atoms with Crippen LogP contribution >= 0.6 is 22.2 Å². The zero-order valence-corrected chi connectivity index (χ0v) is 25.0. The summed E-state index contributed by atoms with van der Waals surface area (Å²) in [6.45, 7) is 26.0. The Hall–Kier alpha value is -1.16. The molecule has 0 saturated heterocycles. The van der Waals surface area contributed by atoms with Gasteiger partial charge in [-0.25, -0.2) is 0 Å². The highest BCUT2D eigenvalue weighted by Gasteiger charge is 2.44. The summed E-state index contributed by atoms with van der Waals surface area (Å²) in [5.41, 5.74) is 3.69. The van der Waals surface area contributed by atoms with Crippen molar-refractivity contribution >= 4 is 29.3 Å². The van der Waals surface area contributed by atoms with E-state index in [1.165, 1.54) is 0 Å². The smallest absolute Gasteiger partial charge is 0.490 e. The topological polar surface area (TPSA) is 18.5 Å². The zero-order chi connectivity index (χ0) is 25.6. The second-order valence-electron chi connectivity index (χ2n) is 13.0. The van der Waals surface area contributed by atoms with Gasteiger partial charge in [0.2, 0.25) is 0 Å². The summed E-state index contributed by atoms with van der Waals surface area (Å²) < 4.78 is 13.0. The monoisotopic (exact) mass is 508 g/mol. The molecule has 0 saturated carbocycles. The molecule has 0 heterocycles. The van der Waals surface area contributed by atoms with Gasteiger partial charge in [-0.3, -0.25) is 0 Å². The highest BCUT2D eigenvalue weighted by atomic mass is 35.7. The predicted octanol–water partition coefficient (Wildman–Crippen LogP) is 9.25. The summed E-state index contributed by atoms with van der Waals surface area (Å²) >= 11 is 13.9. The Morgan fingerprint density at radius 1 is 0.485 bits per heavy atom. The molecular weight excluding hydrogens is 467 g/mol. The minimum Gasteiger partial charge on any atom is -0.490 e. The molecule has 0 unspecified atom stereocenters. The van der Waals surface area contributed by atoms with Gasteiger partial charge in [-0.1, -0.05) is 142 Å². The van der Waals surface area contributed by atoms with Crippen LogP contribution in [0.15, 0.2) is 36.4 Å². The average Bonchev–Trinajstić information content (AvgIpc) is 2.57. The molecule has 33 heavy (non-hydrogen) atoms. The molecule has 0 N–H and O–H groups in total. The molecule has 0 bridgehead atoms. The normalized spacial score (nSPS) is 13.8. The van der Waals surface area contributed by atoms with Crippen LogP contribution in [0.25, 0.3) is 0 Å². The minimum atomic E-state index is -3.68. The van der Waals surface area contributed by atoms with Crippen molar-refractivity contribution in [2.24, 2.45) is 0 Å². The Balaban J connectivity index is 2.67. The fourth-order valence-electron chi connectivity index (χ4n) is 3.91. The van der Waals surface area contributed by atoms with Gasteiger partial charge in [-0.2, -0.15) is 0 Å². The molecule has 0 amide bonds. The van der Waals surface area contributed by atoms with Gasteiger partial charge in [0.1, 0.15) is 11.5 Å². The molecule has 2 aromatic rings. The zero-order valence-electron chi connectivity index (χ0n) is 22.5. The molecule has 0 aromatic heterocycles. The van der Waals surface area contributed by atoms with Gasteiger partial charge < -0.3 is 8.85 Å². The van der Waals surface area contributed by atoms with E-state index in [9.17, 15) is 0 Å². The summed E-state index contributed by atoms with van der Waals surface area (Å²) in [5, 5.41) is 0. The van der Waals surface area contributed by atoms with Crippen LogP contribution in [0.4, 0.5) is 0 Å². The van der Waals surface area contributed by atoms with Crippen molar-refractivity contribution in [1.82, 2.24) is 0 Å². The first-order valence-corrected chi connectivity index (χ1v) is 15.5. The third-order valence-electron chi connectivity index (χ3n) is 5.70. The molecule has 2 aromatic carbocycles. The molecule has 2 nitrogen and oxygen atoms in total. The SMILES string of the molecule is CC(C)(C)c1cccc(C(C)(C)C)c1O[Si](Cl)(Cl)Oc1c(C(C)(C)C)cccc1C(C)(C)C. The lowest BCUT2D eigenvalue weighted by molar-refractivity contribution is 0.397. The van der Waals surface area contributed by atoms with Gasteiger partial charge in [0, 0.05) is 0 Å². The van der Waals surface area contributed by atoms with E-state index in [-0.39, 0.29) is 21.7 Å². The molecule has 184 valence electrons. The first-order chi connectivity index (χ1) is 14.6. The van der Waals surface area contributed by atoms with Crippen molar-refractivity contribution in [3.63, 3.8) is 0 Å². The molecule has 0 aliphatic heterocycles. The fourth-order valence-corrected chi connectivity index (χ4v) is 5.80. The van der Waals surface area contributed by atoms with Gasteiger partial charge in [-0.15, -0.1) is 0 Å². The predicted molar refractivity (Wildman–Crippen MR) is 146 cm³/mol. The lowest BCUT2D eigenvalue weighted by atomic mass is 9.79.